The van der Waals surface area contributed by atoms with Crippen molar-refractivity contribution in [3.63, 3.8) is 0 Å². The van der Waals surface area contributed by atoms with E-state index in [-0.39, 0.29) is 11.8 Å². The van der Waals surface area contributed by atoms with Crippen LogP contribution < -0.4 is 0 Å². The van der Waals surface area contributed by atoms with E-state index in [1.54, 1.807) is 0 Å². The zero-order chi connectivity index (χ0) is 9.31. The van der Waals surface area contributed by atoms with Gasteiger partial charge < -0.3 is 4.74 Å². The first kappa shape index (κ1) is 8.48. The molecule has 1 heterocycles. The van der Waals surface area contributed by atoms with Gasteiger partial charge in [0, 0.05) is 6.08 Å². The van der Waals surface area contributed by atoms with Crippen LogP contribution in [0, 0.1) is 0 Å². The van der Waals surface area contributed by atoms with Crippen LogP contribution >= 0.6 is 0 Å². The molecule has 0 amide bonds. The highest BCUT2D eigenvalue weighted by Gasteiger charge is 2.43. The number of esters is 1. The number of ether oxygens (including phenoxy) is 1. The largest absolute Gasteiger partial charge is 0.448 e. The molecule has 1 aliphatic carbocycles. The summed E-state index contributed by atoms with van der Waals surface area (Å²) < 4.78 is 5.15. The smallest absolute Gasteiger partial charge is 0.331 e. The van der Waals surface area contributed by atoms with Crippen molar-refractivity contribution >= 4 is 11.8 Å². The zero-order valence-electron chi connectivity index (χ0n) is 7.41. The molecule has 13 heavy (non-hydrogen) atoms. The summed E-state index contributed by atoms with van der Waals surface area (Å²) in [5.74, 6) is -0.409. The first-order valence-corrected chi connectivity index (χ1v) is 4.68. The van der Waals surface area contributed by atoms with Crippen LogP contribution in [0.1, 0.15) is 32.1 Å². The van der Waals surface area contributed by atoms with Crippen molar-refractivity contribution in [2.45, 2.75) is 37.7 Å². The molecule has 0 aromatic heterocycles. The van der Waals surface area contributed by atoms with Crippen molar-refractivity contribution in [1.29, 1.82) is 0 Å². The summed E-state index contributed by atoms with van der Waals surface area (Å²) in [4.78, 5) is 22.6. The van der Waals surface area contributed by atoms with Crippen molar-refractivity contribution in [2.75, 3.05) is 0 Å². The van der Waals surface area contributed by atoms with E-state index in [0.29, 0.717) is 12.8 Å². The van der Waals surface area contributed by atoms with Gasteiger partial charge in [0.2, 0.25) is 0 Å². The minimum absolute atomic E-state index is 0.0354. The molecule has 0 unspecified atom stereocenters. The molecule has 2 rings (SSSR count). The summed E-state index contributed by atoms with van der Waals surface area (Å²) in [6.45, 7) is 0. The molecule has 0 radical (unpaired) electrons. The Hall–Kier alpha value is -1.12. The fourth-order valence-electron chi connectivity index (χ4n) is 2.04. The van der Waals surface area contributed by atoms with Crippen LogP contribution in [0.15, 0.2) is 12.2 Å². The van der Waals surface area contributed by atoms with E-state index in [4.69, 9.17) is 4.74 Å². The van der Waals surface area contributed by atoms with E-state index < -0.39 is 5.60 Å². The lowest BCUT2D eigenvalue weighted by Crippen LogP contribution is -2.46. The second-order valence-electron chi connectivity index (χ2n) is 3.67. The summed E-state index contributed by atoms with van der Waals surface area (Å²) in [5, 5.41) is 0. The third-order valence-corrected chi connectivity index (χ3v) is 2.78. The average molecular weight is 180 g/mol. The van der Waals surface area contributed by atoms with Gasteiger partial charge in [-0.3, -0.25) is 4.79 Å². The molecule has 70 valence electrons. The zero-order valence-corrected chi connectivity index (χ0v) is 7.41. The molecule has 1 saturated carbocycles. The molecule has 1 spiro atoms. The molecule has 3 heteroatoms. The predicted octanol–water partition coefficient (Wildman–Crippen LogP) is 1.37. The molecule has 0 N–H and O–H groups in total. The van der Waals surface area contributed by atoms with Gasteiger partial charge in [0.1, 0.15) is 0 Å². The van der Waals surface area contributed by atoms with E-state index in [9.17, 15) is 9.59 Å². The quantitative estimate of drug-likeness (QED) is 0.529. The first-order chi connectivity index (χ1) is 6.23. The monoisotopic (exact) mass is 180 g/mol. The second kappa shape index (κ2) is 2.98. The van der Waals surface area contributed by atoms with Gasteiger partial charge in [0.25, 0.3) is 0 Å². The maximum atomic E-state index is 11.6. The lowest BCUT2D eigenvalue weighted by Gasteiger charge is -2.35. The Morgan fingerprint density at radius 3 is 2.46 bits per heavy atom. The van der Waals surface area contributed by atoms with Gasteiger partial charge in [-0.2, -0.15) is 0 Å². The number of hydrogen-bond donors (Lipinski definition) is 0. The molecule has 0 bridgehead atoms. The van der Waals surface area contributed by atoms with Crippen LogP contribution in [0.3, 0.4) is 0 Å². The molecule has 0 aromatic rings. The van der Waals surface area contributed by atoms with Gasteiger partial charge in [0.15, 0.2) is 11.4 Å². The standard InChI is InChI=1S/C10H12O3/c11-8-4-5-9(12)13-10(8)6-2-1-3-7-10/h4-5H,1-3,6-7H2. The maximum absolute atomic E-state index is 11.6. The SMILES string of the molecule is O=C1C=CC(=O)C2(CCCCC2)O1. The molecular weight excluding hydrogens is 168 g/mol. The molecule has 1 aliphatic heterocycles. The molecule has 3 nitrogen and oxygen atoms in total. The summed E-state index contributed by atoms with van der Waals surface area (Å²) in [5.41, 5.74) is -0.788. The van der Waals surface area contributed by atoms with Gasteiger partial charge in [-0.15, -0.1) is 0 Å². The minimum Gasteiger partial charge on any atom is -0.448 e. The van der Waals surface area contributed by atoms with Gasteiger partial charge in [-0.25, -0.2) is 4.79 Å². The number of carbonyl (C=O) groups is 2. The molecule has 0 saturated heterocycles. The Bertz CT molecular complexity index is 272. The van der Waals surface area contributed by atoms with E-state index in [1.807, 2.05) is 0 Å². The van der Waals surface area contributed by atoms with Crippen molar-refractivity contribution in [1.82, 2.24) is 0 Å². The molecule has 1 fully saturated rings. The predicted molar refractivity (Wildman–Crippen MR) is 46.1 cm³/mol. The third-order valence-electron chi connectivity index (χ3n) is 2.78. The normalized spacial score (nSPS) is 26.2. The number of hydrogen-bond acceptors (Lipinski definition) is 3. The Labute approximate surface area is 76.8 Å². The lowest BCUT2D eigenvalue weighted by molar-refractivity contribution is -0.166. The summed E-state index contributed by atoms with van der Waals surface area (Å²) in [6.07, 6.45) is 7.05. The van der Waals surface area contributed by atoms with Gasteiger partial charge in [-0.1, -0.05) is 6.42 Å². The fraction of sp³-hybridized carbons (Fsp3) is 0.600. The number of carbonyl (C=O) groups excluding carboxylic acids is 2. The van der Waals surface area contributed by atoms with Crippen molar-refractivity contribution in [3.05, 3.63) is 12.2 Å². The minimum atomic E-state index is -0.788. The fourth-order valence-corrected chi connectivity index (χ4v) is 2.04. The number of rotatable bonds is 0. The summed E-state index contributed by atoms with van der Waals surface area (Å²) >= 11 is 0. The highest BCUT2D eigenvalue weighted by atomic mass is 16.6. The van der Waals surface area contributed by atoms with Crippen LogP contribution in [0.25, 0.3) is 0 Å². The topological polar surface area (TPSA) is 43.4 Å². The van der Waals surface area contributed by atoms with E-state index >= 15 is 0 Å². The van der Waals surface area contributed by atoms with E-state index in [2.05, 4.69) is 0 Å². The summed E-state index contributed by atoms with van der Waals surface area (Å²) in [7, 11) is 0. The highest BCUT2D eigenvalue weighted by Crippen LogP contribution is 2.34. The highest BCUT2D eigenvalue weighted by molar-refractivity contribution is 6.05. The molecule has 2 aliphatic rings. The maximum Gasteiger partial charge on any atom is 0.331 e. The Morgan fingerprint density at radius 2 is 1.77 bits per heavy atom. The lowest BCUT2D eigenvalue weighted by atomic mass is 9.80. The third kappa shape index (κ3) is 1.39. The van der Waals surface area contributed by atoms with Crippen molar-refractivity contribution < 1.29 is 14.3 Å². The Morgan fingerprint density at radius 1 is 1.08 bits per heavy atom. The van der Waals surface area contributed by atoms with Crippen LogP contribution in [0.2, 0.25) is 0 Å². The van der Waals surface area contributed by atoms with Crippen LogP contribution in [0.4, 0.5) is 0 Å². The van der Waals surface area contributed by atoms with Crippen molar-refractivity contribution in [2.24, 2.45) is 0 Å². The number of ketones is 1. The van der Waals surface area contributed by atoms with Gasteiger partial charge >= 0.3 is 5.97 Å². The van der Waals surface area contributed by atoms with Crippen LogP contribution in [-0.4, -0.2) is 17.4 Å². The van der Waals surface area contributed by atoms with E-state index in [0.717, 1.165) is 19.3 Å². The Kier molecular flexibility index (Phi) is 1.94. The first-order valence-electron chi connectivity index (χ1n) is 4.68. The second-order valence-corrected chi connectivity index (χ2v) is 3.67. The van der Waals surface area contributed by atoms with Crippen molar-refractivity contribution in [3.8, 4) is 0 Å². The van der Waals surface area contributed by atoms with Gasteiger partial charge in [0.05, 0.1) is 0 Å². The molecular formula is C10H12O3. The molecule has 0 aromatic carbocycles. The van der Waals surface area contributed by atoms with Gasteiger partial charge in [-0.05, 0) is 31.8 Å². The molecule has 0 atom stereocenters. The average Bonchev–Trinajstić information content (AvgIpc) is 2.14. The van der Waals surface area contributed by atoms with Crippen LogP contribution in [0.5, 0.6) is 0 Å². The van der Waals surface area contributed by atoms with Crippen LogP contribution in [-0.2, 0) is 14.3 Å². The Balaban J connectivity index is 2.24. The van der Waals surface area contributed by atoms with E-state index in [1.165, 1.54) is 12.2 Å². The summed E-state index contributed by atoms with van der Waals surface area (Å²) in [6, 6.07) is 0.